The largest absolute Gasteiger partial charge is 0.483 e. The first-order chi connectivity index (χ1) is 4.18. The van der Waals surface area contributed by atoms with Crippen LogP contribution in [0.1, 0.15) is 20.3 Å². The first-order valence-electron chi connectivity index (χ1n) is 3.01. The number of thiocarbonyl (C=S) groups is 1. The van der Waals surface area contributed by atoms with Crippen LogP contribution in [0.25, 0.3) is 0 Å². The molecule has 0 aliphatic heterocycles. The van der Waals surface area contributed by atoms with E-state index in [1.165, 1.54) is 0 Å². The second kappa shape index (κ2) is 4.50. The quantitative estimate of drug-likeness (QED) is 0.444. The van der Waals surface area contributed by atoms with Crippen molar-refractivity contribution < 1.29 is 4.74 Å². The summed E-state index contributed by atoms with van der Waals surface area (Å²) in [5.41, 5.74) is 0.832. The smallest absolute Gasteiger partial charge is 0.186 e. The maximum Gasteiger partial charge on any atom is 0.186 e. The Balaban J connectivity index is 3.39. The topological polar surface area (TPSA) is 9.23 Å². The van der Waals surface area contributed by atoms with Crippen LogP contribution >= 0.6 is 12.2 Å². The number of hydrogen-bond acceptors (Lipinski definition) is 2. The highest BCUT2D eigenvalue weighted by Gasteiger charge is 1.94. The first kappa shape index (κ1) is 8.63. The third-order valence-corrected chi connectivity index (χ3v) is 1.25. The summed E-state index contributed by atoms with van der Waals surface area (Å²) in [5.74, 6) is 0. The molecule has 0 aromatic heterocycles. The SMILES string of the molecule is C=C(C)C(=S)OCCC. The van der Waals surface area contributed by atoms with Crippen molar-refractivity contribution >= 4 is 17.3 Å². The van der Waals surface area contributed by atoms with Crippen molar-refractivity contribution in [2.75, 3.05) is 6.61 Å². The fraction of sp³-hybridized carbons (Fsp3) is 0.571. The Morgan fingerprint density at radius 2 is 2.22 bits per heavy atom. The summed E-state index contributed by atoms with van der Waals surface area (Å²) in [4.78, 5) is 0. The molecule has 0 N–H and O–H groups in total. The molecule has 0 aromatic carbocycles. The zero-order valence-electron chi connectivity index (χ0n) is 5.94. The van der Waals surface area contributed by atoms with Crippen LogP contribution in [0.2, 0.25) is 0 Å². The van der Waals surface area contributed by atoms with E-state index in [0.29, 0.717) is 11.7 Å². The predicted octanol–water partition coefficient (Wildman–Crippen LogP) is 2.32. The van der Waals surface area contributed by atoms with E-state index < -0.39 is 0 Å². The van der Waals surface area contributed by atoms with Crippen LogP contribution in [-0.2, 0) is 4.74 Å². The Kier molecular flexibility index (Phi) is 4.32. The summed E-state index contributed by atoms with van der Waals surface area (Å²) in [5, 5.41) is 0.539. The maximum atomic E-state index is 5.08. The van der Waals surface area contributed by atoms with Gasteiger partial charge in [-0.05, 0) is 31.1 Å². The minimum Gasteiger partial charge on any atom is -0.483 e. The molecule has 2 heteroatoms. The molecule has 0 radical (unpaired) electrons. The van der Waals surface area contributed by atoms with Crippen LogP contribution in [0, 0.1) is 0 Å². The van der Waals surface area contributed by atoms with Crippen molar-refractivity contribution in [2.45, 2.75) is 20.3 Å². The molecule has 0 rings (SSSR count). The zero-order valence-corrected chi connectivity index (χ0v) is 6.75. The van der Waals surface area contributed by atoms with Gasteiger partial charge in [0.2, 0.25) is 0 Å². The molecule has 0 aliphatic carbocycles. The van der Waals surface area contributed by atoms with Gasteiger partial charge in [0, 0.05) is 0 Å². The number of hydrogen-bond donors (Lipinski definition) is 0. The summed E-state index contributed by atoms with van der Waals surface area (Å²) in [7, 11) is 0. The van der Waals surface area contributed by atoms with Gasteiger partial charge in [-0.3, -0.25) is 0 Å². The standard InChI is InChI=1S/C7H12OS/c1-4-5-8-7(9)6(2)3/h2,4-5H2,1,3H3. The van der Waals surface area contributed by atoms with Crippen LogP contribution in [0.4, 0.5) is 0 Å². The van der Waals surface area contributed by atoms with Crippen molar-refractivity contribution in [3.8, 4) is 0 Å². The van der Waals surface area contributed by atoms with E-state index in [1.54, 1.807) is 0 Å². The highest BCUT2D eigenvalue weighted by molar-refractivity contribution is 7.80. The summed E-state index contributed by atoms with van der Waals surface area (Å²) >= 11 is 4.82. The molecular weight excluding hydrogens is 132 g/mol. The van der Waals surface area contributed by atoms with Crippen LogP contribution in [0.5, 0.6) is 0 Å². The minimum atomic E-state index is 0.539. The van der Waals surface area contributed by atoms with E-state index in [9.17, 15) is 0 Å². The fourth-order valence-electron chi connectivity index (χ4n) is 0.318. The molecule has 0 atom stereocenters. The first-order valence-corrected chi connectivity index (χ1v) is 3.42. The summed E-state index contributed by atoms with van der Waals surface area (Å²) < 4.78 is 5.08. The second-order valence-corrected chi connectivity index (χ2v) is 2.29. The third-order valence-electron chi connectivity index (χ3n) is 0.786. The molecule has 0 aromatic rings. The van der Waals surface area contributed by atoms with Gasteiger partial charge in [0.05, 0.1) is 6.61 Å². The van der Waals surface area contributed by atoms with Crippen LogP contribution in [0.3, 0.4) is 0 Å². The van der Waals surface area contributed by atoms with Crippen LogP contribution < -0.4 is 0 Å². The third kappa shape index (κ3) is 4.15. The van der Waals surface area contributed by atoms with Crippen LogP contribution in [-0.4, -0.2) is 11.7 Å². The van der Waals surface area contributed by atoms with Crippen molar-refractivity contribution in [1.29, 1.82) is 0 Å². The van der Waals surface area contributed by atoms with Crippen LogP contribution in [0.15, 0.2) is 12.2 Å². The van der Waals surface area contributed by atoms with Gasteiger partial charge in [-0.15, -0.1) is 0 Å². The second-order valence-electron chi connectivity index (χ2n) is 1.92. The molecule has 9 heavy (non-hydrogen) atoms. The Hall–Kier alpha value is -0.370. The molecule has 0 unspecified atom stereocenters. The van der Waals surface area contributed by atoms with E-state index in [4.69, 9.17) is 17.0 Å². The van der Waals surface area contributed by atoms with Crippen molar-refractivity contribution in [2.24, 2.45) is 0 Å². The zero-order chi connectivity index (χ0) is 7.28. The van der Waals surface area contributed by atoms with E-state index >= 15 is 0 Å². The molecule has 0 aliphatic rings. The lowest BCUT2D eigenvalue weighted by molar-refractivity contribution is 0.313. The highest BCUT2D eigenvalue weighted by atomic mass is 32.1. The maximum absolute atomic E-state index is 5.08. The summed E-state index contributed by atoms with van der Waals surface area (Å²) in [6.07, 6.45) is 0.993. The Labute approximate surface area is 61.7 Å². The van der Waals surface area contributed by atoms with Gasteiger partial charge in [0.1, 0.15) is 0 Å². The molecular formula is C7H12OS. The van der Waals surface area contributed by atoms with Crippen molar-refractivity contribution in [1.82, 2.24) is 0 Å². The van der Waals surface area contributed by atoms with E-state index in [0.717, 1.165) is 12.0 Å². The van der Waals surface area contributed by atoms with Gasteiger partial charge in [0.25, 0.3) is 0 Å². The summed E-state index contributed by atoms with van der Waals surface area (Å²) in [6, 6.07) is 0. The van der Waals surface area contributed by atoms with Crippen molar-refractivity contribution in [3.05, 3.63) is 12.2 Å². The summed E-state index contributed by atoms with van der Waals surface area (Å²) in [6.45, 7) is 8.23. The molecule has 0 saturated carbocycles. The predicted molar refractivity (Wildman–Crippen MR) is 43.7 cm³/mol. The molecule has 52 valence electrons. The van der Waals surface area contributed by atoms with E-state index in [-0.39, 0.29) is 0 Å². The monoisotopic (exact) mass is 144 g/mol. The van der Waals surface area contributed by atoms with Gasteiger partial charge in [-0.25, -0.2) is 0 Å². The molecule has 0 bridgehead atoms. The minimum absolute atomic E-state index is 0.539. The lowest BCUT2D eigenvalue weighted by Gasteiger charge is -2.03. The average molecular weight is 144 g/mol. The molecule has 0 saturated heterocycles. The molecule has 0 heterocycles. The molecule has 0 fully saturated rings. The van der Waals surface area contributed by atoms with Gasteiger partial charge in [0.15, 0.2) is 5.05 Å². The number of ether oxygens (including phenoxy) is 1. The normalized spacial score (nSPS) is 8.67. The lowest BCUT2D eigenvalue weighted by Crippen LogP contribution is -2.02. The van der Waals surface area contributed by atoms with Crippen molar-refractivity contribution in [3.63, 3.8) is 0 Å². The number of rotatable bonds is 3. The Morgan fingerprint density at radius 3 is 2.56 bits per heavy atom. The molecule has 0 amide bonds. The Bertz CT molecular complexity index is 118. The van der Waals surface area contributed by atoms with E-state index in [2.05, 4.69) is 6.58 Å². The fourth-order valence-corrected chi connectivity index (χ4v) is 0.401. The molecule has 1 nitrogen and oxygen atoms in total. The van der Waals surface area contributed by atoms with Gasteiger partial charge in [-0.2, -0.15) is 0 Å². The van der Waals surface area contributed by atoms with Gasteiger partial charge < -0.3 is 4.74 Å². The van der Waals surface area contributed by atoms with Gasteiger partial charge >= 0.3 is 0 Å². The van der Waals surface area contributed by atoms with Gasteiger partial charge in [-0.1, -0.05) is 13.5 Å². The lowest BCUT2D eigenvalue weighted by atomic mass is 10.4. The Morgan fingerprint density at radius 1 is 1.67 bits per heavy atom. The molecule has 0 spiro atoms. The van der Waals surface area contributed by atoms with E-state index in [1.807, 2.05) is 13.8 Å². The highest BCUT2D eigenvalue weighted by Crippen LogP contribution is 1.95. The average Bonchev–Trinajstić information content (AvgIpc) is 1.82.